The molecular weight excluding hydrogens is 881 g/mol. The van der Waals surface area contributed by atoms with E-state index in [2.05, 4.69) is 15.4 Å². The zero-order valence-corrected chi connectivity index (χ0v) is 37.9. The molecule has 2 rings (SSSR count). The lowest BCUT2D eigenvalue weighted by Gasteiger charge is -2.35. The van der Waals surface area contributed by atoms with Gasteiger partial charge in [-0.2, -0.15) is 22.3 Å². The SMILES string of the molecule is CC(C)(COCC(C)(C)NC(=O)CCCCC(=O)Oc1c(F)c(F)cc(F)c1F)NC=O.CCCC(C(=O)O)N1CCN(CC(=O)O)CCN(CC(=O)O)CCN(CC(=O)O)CC1.S. The number of carboxylic acids is 4. The summed E-state index contributed by atoms with van der Waals surface area (Å²) < 4.78 is 63.2. The average Bonchev–Trinajstić information content (AvgIpc) is 3.16. The molecule has 1 unspecified atom stereocenters. The van der Waals surface area contributed by atoms with Gasteiger partial charge in [-0.05, 0) is 47.0 Å². The minimum Gasteiger partial charge on any atom is -0.480 e. The van der Waals surface area contributed by atoms with Gasteiger partial charge >= 0.3 is 29.8 Å². The van der Waals surface area contributed by atoms with Crippen LogP contribution in [0.1, 0.15) is 73.1 Å². The fourth-order valence-electron chi connectivity index (χ4n) is 6.25. The predicted molar refractivity (Wildman–Crippen MR) is 227 cm³/mol. The van der Waals surface area contributed by atoms with E-state index < -0.39 is 76.0 Å². The van der Waals surface area contributed by atoms with Crippen LogP contribution in [0.4, 0.5) is 17.6 Å². The standard InChI is InChI=1S/C21H28F4N2O5.C19H34N4O8.H2S/c1-20(2,26-12-28)10-31-11-21(3,4)27-15(29)7-5-6-8-16(30)32-19-17(24)13(22)9-14(23)18(19)25;1-2-3-15(19(30)31)23-10-8-21(13-17(26)27)6-4-20(12-16(24)25)5-7-22(9-11-23)14-18(28)29;/h9,12H,5-8,10-11H2,1-4H3,(H,26,28)(H,27,29);15H,2-14H2,1H3,(H,24,25)(H,26,27)(H,28,29)(H,30,31);1H2. The third-order valence-corrected chi connectivity index (χ3v) is 9.41. The zero-order chi connectivity index (χ0) is 47.9. The molecule has 1 aromatic rings. The Hall–Kier alpha value is -4.62. The second kappa shape index (κ2) is 29.8. The smallest absolute Gasteiger partial charge is 0.320 e. The van der Waals surface area contributed by atoms with Crippen molar-refractivity contribution < 1.29 is 81.0 Å². The molecule has 1 aliphatic rings. The molecule has 1 saturated heterocycles. The number of rotatable bonds is 23. The van der Waals surface area contributed by atoms with Crippen molar-refractivity contribution in [3.8, 4) is 5.75 Å². The van der Waals surface area contributed by atoms with Gasteiger partial charge in [-0.1, -0.05) is 13.3 Å². The Morgan fingerprint density at radius 1 is 0.719 bits per heavy atom. The van der Waals surface area contributed by atoms with E-state index in [0.717, 1.165) is 0 Å². The van der Waals surface area contributed by atoms with Gasteiger partial charge in [0.1, 0.15) is 6.04 Å². The molecule has 24 heteroatoms. The average molecular weight is 945 g/mol. The number of nitrogens with zero attached hydrogens (tertiary/aromatic N) is 4. The van der Waals surface area contributed by atoms with Crippen LogP contribution in [0.25, 0.3) is 0 Å². The molecule has 1 atom stereocenters. The molecular formula is C40H64F4N6O13S. The molecule has 6 N–H and O–H groups in total. The van der Waals surface area contributed by atoms with Gasteiger partial charge in [0.05, 0.1) is 43.9 Å². The van der Waals surface area contributed by atoms with Crippen molar-refractivity contribution in [1.82, 2.24) is 30.2 Å². The van der Waals surface area contributed by atoms with E-state index in [1.807, 2.05) is 6.92 Å². The van der Waals surface area contributed by atoms with E-state index in [0.29, 0.717) is 71.6 Å². The van der Waals surface area contributed by atoms with Gasteiger partial charge in [-0.25, -0.2) is 8.78 Å². The number of hydrogen-bond donors (Lipinski definition) is 6. The fourth-order valence-corrected chi connectivity index (χ4v) is 6.25. The molecule has 1 fully saturated rings. The Labute approximate surface area is 376 Å². The lowest BCUT2D eigenvalue weighted by Crippen LogP contribution is -2.51. The van der Waals surface area contributed by atoms with Gasteiger partial charge in [0.15, 0.2) is 11.6 Å². The lowest BCUT2D eigenvalue weighted by molar-refractivity contribution is -0.145. The number of benzene rings is 1. The number of aliphatic carboxylic acids is 4. The molecule has 0 spiro atoms. The van der Waals surface area contributed by atoms with Crippen LogP contribution in [-0.2, 0) is 38.3 Å². The molecule has 0 saturated carbocycles. The summed E-state index contributed by atoms with van der Waals surface area (Å²) in [7, 11) is 0. The number of halogens is 4. The van der Waals surface area contributed by atoms with E-state index in [1.165, 1.54) is 0 Å². The normalized spacial score (nSPS) is 15.5. The predicted octanol–water partition coefficient (Wildman–Crippen LogP) is 1.97. The Balaban J connectivity index is 0.00000122. The van der Waals surface area contributed by atoms with Gasteiger partial charge in [0, 0.05) is 71.3 Å². The first kappa shape index (κ1) is 59.4. The molecule has 366 valence electrons. The van der Waals surface area contributed by atoms with Gasteiger partial charge in [-0.15, -0.1) is 0 Å². The summed E-state index contributed by atoms with van der Waals surface area (Å²) >= 11 is 0. The number of carboxylic acid groups (broad SMARTS) is 4. The number of nitrogens with one attached hydrogen (secondary N) is 2. The molecule has 0 aliphatic carbocycles. The fraction of sp³-hybridized carbons (Fsp3) is 0.675. The lowest BCUT2D eigenvalue weighted by atomic mass is 10.1. The minimum atomic E-state index is -1.80. The van der Waals surface area contributed by atoms with Crippen molar-refractivity contribution in [1.29, 1.82) is 0 Å². The van der Waals surface area contributed by atoms with Crippen LogP contribution in [0.15, 0.2) is 6.07 Å². The van der Waals surface area contributed by atoms with Crippen LogP contribution in [-0.4, -0.2) is 185 Å². The van der Waals surface area contributed by atoms with Crippen LogP contribution >= 0.6 is 13.5 Å². The van der Waals surface area contributed by atoms with E-state index in [9.17, 15) is 66.4 Å². The monoisotopic (exact) mass is 944 g/mol. The van der Waals surface area contributed by atoms with Crippen LogP contribution in [0.2, 0.25) is 0 Å². The Bertz CT molecular complexity index is 1640. The van der Waals surface area contributed by atoms with Crippen molar-refractivity contribution in [2.75, 3.05) is 85.2 Å². The van der Waals surface area contributed by atoms with E-state index >= 15 is 0 Å². The van der Waals surface area contributed by atoms with Crippen LogP contribution < -0.4 is 15.4 Å². The molecule has 0 radical (unpaired) electrons. The quantitative estimate of drug-likeness (QED) is 0.0229. The minimum absolute atomic E-state index is 0. The van der Waals surface area contributed by atoms with Crippen LogP contribution in [0, 0.1) is 23.3 Å². The number of esters is 1. The van der Waals surface area contributed by atoms with Crippen molar-refractivity contribution in [2.24, 2.45) is 0 Å². The summed E-state index contributed by atoms with van der Waals surface area (Å²) in [5.74, 6) is -13.8. The molecule has 64 heavy (non-hydrogen) atoms. The molecule has 19 nitrogen and oxygen atoms in total. The highest BCUT2D eigenvalue weighted by molar-refractivity contribution is 7.59. The highest BCUT2D eigenvalue weighted by Gasteiger charge is 2.28. The number of carbonyl (C=O) groups excluding carboxylic acids is 3. The van der Waals surface area contributed by atoms with Gasteiger partial charge in [0.25, 0.3) is 0 Å². The molecule has 1 aromatic carbocycles. The highest BCUT2D eigenvalue weighted by atomic mass is 32.1. The van der Waals surface area contributed by atoms with Crippen LogP contribution in [0.5, 0.6) is 5.75 Å². The van der Waals surface area contributed by atoms with Gasteiger partial charge in [-0.3, -0.25) is 53.2 Å². The van der Waals surface area contributed by atoms with E-state index in [1.54, 1.807) is 47.3 Å². The second-order valence-electron chi connectivity index (χ2n) is 16.2. The first-order valence-electron chi connectivity index (χ1n) is 20.3. The summed E-state index contributed by atoms with van der Waals surface area (Å²) in [6.45, 7) is 11.1. The van der Waals surface area contributed by atoms with E-state index in [4.69, 9.17) is 9.84 Å². The molecule has 0 aromatic heterocycles. The molecule has 2 amide bonds. The van der Waals surface area contributed by atoms with Crippen LogP contribution in [0.3, 0.4) is 0 Å². The molecule has 1 heterocycles. The summed E-state index contributed by atoms with van der Waals surface area (Å²) in [6, 6.07) is -0.731. The highest BCUT2D eigenvalue weighted by Crippen LogP contribution is 2.27. The zero-order valence-electron chi connectivity index (χ0n) is 36.9. The van der Waals surface area contributed by atoms with Crippen molar-refractivity contribution in [3.05, 3.63) is 29.3 Å². The second-order valence-corrected chi connectivity index (χ2v) is 16.2. The largest absolute Gasteiger partial charge is 0.480 e. The third-order valence-electron chi connectivity index (χ3n) is 9.41. The Morgan fingerprint density at radius 2 is 1.14 bits per heavy atom. The third kappa shape index (κ3) is 24.4. The maximum absolute atomic E-state index is 13.5. The number of unbranched alkanes of at least 4 members (excludes halogenated alkanes) is 1. The van der Waals surface area contributed by atoms with Gasteiger partial charge < -0.3 is 40.5 Å². The summed E-state index contributed by atoms with van der Waals surface area (Å²) in [5.41, 5.74) is -1.25. The van der Waals surface area contributed by atoms with Gasteiger partial charge in [0.2, 0.25) is 29.7 Å². The van der Waals surface area contributed by atoms with Crippen molar-refractivity contribution in [3.63, 3.8) is 0 Å². The molecule has 1 aliphatic heterocycles. The number of amides is 2. The summed E-state index contributed by atoms with van der Waals surface area (Å²) in [4.78, 5) is 86.6. The Morgan fingerprint density at radius 3 is 1.55 bits per heavy atom. The topological polar surface area (TPSA) is 256 Å². The van der Waals surface area contributed by atoms with Crippen molar-refractivity contribution in [2.45, 2.75) is 90.3 Å². The number of hydrogen-bond acceptors (Lipinski definition) is 13. The number of ether oxygens (including phenoxy) is 2. The van der Waals surface area contributed by atoms with Crippen molar-refractivity contribution >= 4 is 55.7 Å². The maximum atomic E-state index is 13.5. The molecule has 0 bridgehead atoms. The number of carbonyl (C=O) groups is 7. The Kier molecular flexibility index (Phi) is 27.6. The maximum Gasteiger partial charge on any atom is 0.320 e. The first-order valence-corrected chi connectivity index (χ1v) is 20.3. The first-order chi connectivity index (χ1) is 29.4. The summed E-state index contributed by atoms with van der Waals surface area (Å²) in [5, 5.41) is 42.6. The van der Waals surface area contributed by atoms with E-state index in [-0.39, 0.29) is 84.0 Å². The summed E-state index contributed by atoms with van der Waals surface area (Å²) in [6.07, 6.45) is 1.83.